The first-order valence-electron chi connectivity index (χ1n) is 7.07. The fourth-order valence-corrected chi connectivity index (χ4v) is 3.32. The minimum atomic E-state index is -0.597. The quantitative estimate of drug-likeness (QED) is 0.596. The average Bonchev–Trinajstić information content (AvgIpc) is 2.92. The highest BCUT2D eigenvalue weighted by Gasteiger charge is 2.22. The summed E-state index contributed by atoms with van der Waals surface area (Å²) in [6, 6.07) is 6.93. The lowest BCUT2D eigenvalue weighted by Gasteiger charge is -2.12. The zero-order valence-corrected chi connectivity index (χ0v) is 15.3. The largest absolute Gasteiger partial charge is 0.465 e. The van der Waals surface area contributed by atoms with Gasteiger partial charge >= 0.3 is 5.97 Å². The summed E-state index contributed by atoms with van der Waals surface area (Å²) < 4.78 is 22.3. The van der Waals surface area contributed by atoms with E-state index in [1.807, 2.05) is 6.07 Å². The van der Waals surface area contributed by atoms with Gasteiger partial charge in [0, 0.05) is 28.5 Å². The number of hydrogen-bond acceptors (Lipinski definition) is 3. The number of benzene rings is 2. The van der Waals surface area contributed by atoms with E-state index in [9.17, 15) is 4.79 Å². The Morgan fingerprint density at radius 1 is 1.42 bits per heavy atom. The number of halogens is 3. The number of carbonyl (C=O) groups is 1. The third-order valence-electron chi connectivity index (χ3n) is 3.85. The van der Waals surface area contributed by atoms with Crippen molar-refractivity contribution in [2.45, 2.75) is 6.42 Å². The van der Waals surface area contributed by atoms with Gasteiger partial charge in [-0.2, -0.15) is 0 Å². The summed E-state index contributed by atoms with van der Waals surface area (Å²) in [6.07, 6.45) is 1.67. The van der Waals surface area contributed by atoms with Crippen molar-refractivity contribution in [1.82, 2.24) is 9.55 Å². The van der Waals surface area contributed by atoms with Crippen LogP contribution in [-0.4, -0.2) is 22.6 Å². The lowest BCUT2D eigenvalue weighted by molar-refractivity contribution is 0.0599. The molecule has 0 saturated heterocycles. The van der Waals surface area contributed by atoms with Crippen LogP contribution in [0.2, 0.25) is 5.02 Å². The van der Waals surface area contributed by atoms with E-state index in [4.69, 9.17) is 16.3 Å². The number of ether oxygens (including phenoxy) is 1. The van der Waals surface area contributed by atoms with Gasteiger partial charge in [0.25, 0.3) is 0 Å². The predicted molar refractivity (Wildman–Crippen MR) is 94.0 cm³/mol. The Morgan fingerprint density at radius 3 is 2.83 bits per heavy atom. The fourth-order valence-electron chi connectivity index (χ4n) is 2.58. The molecule has 24 heavy (non-hydrogen) atoms. The molecule has 0 radical (unpaired) electrons. The number of aryl methyl sites for hydroxylation is 1. The SMILES string of the molecule is COC(=O)c1cc2c(ncn2C)c(F)c1Cc1ccc(Br)cc1Cl. The molecule has 3 rings (SSSR count). The molecule has 1 heterocycles. The second-order valence-electron chi connectivity index (χ2n) is 5.34. The third kappa shape index (κ3) is 2.91. The van der Waals surface area contributed by atoms with Crippen molar-refractivity contribution in [1.29, 1.82) is 0 Å². The Bertz CT molecular complexity index is 955. The van der Waals surface area contributed by atoms with Crippen molar-refractivity contribution in [2.75, 3.05) is 7.11 Å². The molecule has 4 nitrogen and oxygen atoms in total. The zero-order chi connectivity index (χ0) is 17.4. The van der Waals surface area contributed by atoms with Gasteiger partial charge in [-0.3, -0.25) is 0 Å². The molecule has 0 aliphatic carbocycles. The van der Waals surface area contributed by atoms with Gasteiger partial charge in [-0.05, 0) is 23.8 Å². The van der Waals surface area contributed by atoms with Crippen molar-refractivity contribution in [3.63, 3.8) is 0 Å². The molecule has 1 aromatic heterocycles. The Hall–Kier alpha value is -1.92. The summed E-state index contributed by atoms with van der Waals surface area (Å²) in [4.78, 5) is 16.2. The van der Waals surface area contributed by atoms with Gasteiger partial charge in [-0.25, -0.2) is 14.2 Å². The maximum absolute atomic E-state index is 15.0. The maximum atomic E-state index is 15.0. The van der Waals surface area contributed by atoms with Crippen LogP contribution >= 0.6 is 27.5 Å². The van der Waals surface area contributed by atoms with Crippen LogP contribution in [0.1, 0.15) is 21.5 Å². The highest BCUT2D eigenvalue weighted by Crippen LogP contribution is 2.29. The first-order valence-corrected chi connectivity index (χ1v) is 8.24. The van der Waals surface area contributed by atoms with Gasteiger partial charge in [-0.15, -0.1) is 0 Å². The minimum Gasteiger partial charge on any atom is -0.465 e. The summed E-state index contributed by atoms with van der Waals surface area (Å²) in [5, 5.41) is 0.487. The number of aromatic nitrogens is 2. The molecule has 0 unspecified atom stereocenters. The van der Waals surface area contributed by atoms with E-state index in [0.29, 0.717) is 16.1 Å². The van der Waals surface area contributed by atoms with Crippen LogP contribution in [0.15, 0.2) is 35.1 Å². The number of rotatable bonds is 3. The van der Waals surface area contributed by atoms with Crippen LogP contribution in [0.3, 0.4) is 0 Å². The van der Waals surface area contributed by atoms with Gasteiger partial charge < -0.3 is 9.30 Å². The van der Waals surface area contributed by atoms with Gasteiger partial charge in [0.2, 0.25) is 0 Å². The molecule has 124 valence electrons. The van der Waals surface area contributed by atoms with Crippen LogP contribution in [0.5, 0.6) is 0 Å². The van der Waals surface area contributed by atoms with Crippen molar-refractivity contribution in [2.24, 2.45) is 7.05 Å². The van der Waals surface area contributed by atoms with E-state index < -0.39 is 11.8 Å². The average molecular weight is 412 g/mol. The van der Waals surface area contributed by atoms with E-state index in [2.05, 4.69) is 20.9 Å². The molecule has 0 aliphatic heterocycles. The number of methoxy groups -OCH3 is 1. The molecule has 0 spiro atoms. The zero-order valence-electron chi connectivity index (χ0n) is 12.9. The molecule has 2 aromatic carbocycles. The first-order chi connectivity index (χ1) is 11.4. The Labute approximate surface area is 151 Å². The Balaban J connectivity index is 2.21. The number of fused-ring (bicyclic) bond motifs is 1. The Kier molecular flexibility index (Phi) is 4.60. The van der Waals surface area contributed by atoms with Crippen LogP contribution < -0.4 is 0 Å². The third-order valence-corrected chi connectivity index (χ3v) is 4.69. The summed E-state index contributed by atoms with van der Waals surface area (Å²) in [5.74, 6) is -1.13. The van der Waals surface area contributed by atoms with Crippen molar-refractivity contribution < 1.29 is 13.9 Å². The molecule has 0 amide bonds. The van der Waals surface area contributed by atoms with Gasteiger partial charge in [-0.1, -0.05) is 33.6 Å². The predicted octanol–water partition coefficient (Wildman–Crippen LogP) is 4.51. The maximum Gasteiger partial charge on any atom is 0.338 e. The fraction of sp³-hybridized carbons (Fsp3) is 0.176. The summed E-state index contributed by atoms with van der Waals surface area (Å²) >= 11 is 9.57. The van der Waals surface area contributed by atoms with Crippen LogP contribution in [0.4, 0.5) is 4.39 Å². The second kappa shape index (κ2) is 6.53. The Morgan fingerprint density at radius 2 is 2.17 bits per heavy atom. The van der Waals surface area contributed by atoms with Crippen molar-refractivity contribution in [3.05, 3.63) is 62.6 Å². The molecule has 0 atom stereocenters. The lowest BCUT2D eigenvalue weighted by atomic mass is 9.98. The first kappa shape index (κ1) is 16.9. The summed E-state index contributed by atoms with van der Waals surface area (Å²) in [7, 11) is 3.01. The molecular formula is C17H13BrClFN2O2. The van der Waals surface area contributed by atoms with Gasteiger partial charge in [0.15, 0.2) is 5.82 Å². The topological polar surface area (TPSA) is 44.1 Å². The second-order valence-corrected chi connectivity index (χ2v) is 6.67. The van der Waals surface area contributed by atoms with E-state index in [1.165, 1.54) is 13.4 Å². The van der Waals surface area contributed by atoms with Crippen LogP contribution in [0, 0.1) is 5.82 Å². The number of hydrogen-bond donors (Lipinski definition) is 0. The lowest BCUT2D eigenvalue weighted by Crippen LogP contribution is -2.09. The number of carbonyl (C=O) groups excluding carboxylic acids is 1. The normalized spacial score (nSPS) is 11.0. The van der Waals surface area contributed by atoms with Crippen molar-refractivity contribution in [3.8, 4) is 0 Å². The number of nitrogens with zero attached hydrogens (tertiary/aromatic N) is 2. The standard InChI is InChI=1S/C17H13BrClFN2O2/c1-22-8-21-16-14(22)7-12(17(23)24-2)11(15(16)20)5-9-3-4-10(18)6-13(9)19/h3-4,6-8H,5H2,1-2H3. The van der Waals surface area contributed by atoms with Gasteiger partial charge in [0.1, 0.15) is 5.52 Å². The molecule has 0 fully saturated rings. The molecule has 3 aromatic rings. The van der Waals surface area contributed by atoms with E-state index >= 15 is 4.39 Å². The molecule has 0 bridgehead atoms. The smallest absolute Gasteiger partial charge is 0.338 e. The summed E-state index contributed by atoms with van der Waals surface area (Å²) in [5.41, 5.74) is 1.84. The van der Waals surface area contributed by atoms with Crippen LogP contribution in [-0.2, 0) is 18.2 Å². The monoisotopic (exact) mass is 410 g/mol. The molecule has 0 saturated carbocycles. The van der Waals surface area contributed by atoms with Crippen molar-refractivity contribution >= 4 is 44.5 Å². The highest BCUT2D eigenvalue weighted by molar-refractivity contribution is 9.10. The van der Waals surface area contributed by atoms with E-state index in [0.717, 1.165) is 4.47 Å². The molecule has 0 aliphatic rings. The van der Waals surface area contributed by atoms with E-state index in [1.54, 1.807) is 29.8 Å². The minimum absolute atomic E-state index is 0.162. The molecule has 7 heteroatoms. The van der Waals surface area contributed by atoms with Crippen LogP contribution in [0.25, 0.3) is 11.0 Å². The summed E-state index contributed by atoms with van der Waals surface area (Å²) in [6.45, 7) is 0. The molecule has 0 N–H and O–H groups in total. The highest BCUT2D eigenvalue weighted by atomic mass is 79.9. The number of imidazole rings is 1. The molecular weight excluding hydrogens is 399 g/mol. The van der Waals surface area contributed by atoms with Gasteiger partial charge in [0.05, 0.1) is 24.5 Å². The van der Waals surface area contributed by atoms with E-state index in [-0.39, 0.29) is 23.1 Å². The number of esters is 1.